The smallest absolute Gasteiger partial charge is 0.219 e. The van der Waals surface area contributed by atoms with Crippen LogP contribution in [0.25, 0.3) is 0 Å². The van der Waals surface area contributed by atoms with E-state index in [-0.39, 0.29) is 11.9 Å². The molecule has 0 aliphatic heterocycles. The van der Waals surface area contributed by atoms with E-state index in [9.17, 15) is 4.79 Å². The van der Waals surface area contributed by atoms with E-state index < -0.39 is 0 Å². The molecule has 0 fully saturated rings. The molecule has 0 aromatic carbocycles. The third-order valence-corrected chi connectivity index (χ3v) is 3.36. The molecule has 1 aromatic rings. The van der Waals surface area contributed by atoms with Crippen LogP contribution in [0.15, 0.2) is 6.07 Å². The van der Waals surface area contributed by atoms with Crippen LogP contribution in [0.5, 0.6) is 0 Å². The van der Waals surface area contributed by atoms with Gasteiger partial charge in [0.1, 0.15) is 0 Å². The topological polar surface area (TPSA) is 74.0 Å². The minimum absolute atomic E-state index is 0.164. The number of hydrogen-bond acceptors (Lipinski definition) is 2. The van der Waals surface area contributed by atoms with Gasteiger partial charge in [-0.15, -0.1) is 0 Å². The van der Waals surface area contributed by atoms with Gasteiger partial charge < -0.3 is 16.0 Å². The standard InChI is InChI=1S/C12H19N3O/c1-8-7-9-10(13)3-2-4-11(9)15(8)6-5-12(14)16/h7,10H,2-6,13H2,1H3,(H2,14,16). The summed E-state index contributed by atoms with van der Waals surface area (Å²) in [5.41, 5.74) is 15.0. The average Bonchev–Trinajstić information content (AvgIpc) is 2.53. The van der Waals surface area contributed by atoms with Crippen LogP contribution in [0.3, 0.4) is 0 Å². The van der Waals surface area contributed by atoms with Gasteiger partial charge in [-0.3, -0.25) is 4.79 Å². The van der Waals surface area contributed by atoms with Crippen molar-refractivity contribution in [3.63, 3.8) is 0 Å². The Kier molecular flexibility index (Phi) is 3.01. The van der Waals surface area contributed by atoms with Crippen LogP contribution in [0.4, 0.5) is 0 Å². The van der Waals surface area contributed by atoms with Crippen molar-refractivity contribution in [2.45, 2.75) is 45.2 Å². The van der Waals surface area contributed by atoms with Crippen LogP contribution < -0.4 is 11.5 Å². The summed E-state index contributed by atoms with van der Waals surface area (Å²) >= 11 is 0. The van der Waals surface area contributed by atoms with Crippen molar-refractivity contribution in [3.05, 3.63) is 23.0 Å². The highest BCUT2D eigenvalue weighted by Gasteiger charge is 2.21. The third kappa shape index (κ3) is 1.97. The molecule has 16 heavy (non-hydrogen) atoms. The second kappa shape index (κ2) is 4.29. The Labute approximate surface area is 95.6 Å². The van der Waals surface area contributed by atoms with Gasteiger partial charge in [-0.2, -0.15) is 0 Å². The second-order valence-corrected chi connectivity index (χ2v) is 4.55. The number of nitrogens with two attached hydrogens (primary N) is 2. The molecule has 2 rings (SSSR count). The molecule has 0 bridgehead atoms. The Morgan fingerprint density at radius 3 is 3.06 bits per heavy atom. The van der Waals surface area contributed by atoms with Gasteiger partial charge in [-0.05, 0) is 37.8 Å². The van der Waals surface area contributed by atoms with E-state index in [4.69, 9.17) is 11.5 Å². The molecule has 1 unspecified atom stereocenters. The summed E-state index contributed by atoms with van der Waals surface area (Å²) in [5.74, 6) is -0.248. The van der Waals surface area contributed by atoms with Gasteiger partial charge in [0.2, 0.25) is 5.91 Å². The van der Waals surface area contributed by atoms with E-state index in [1.165, 1.54) is 17.0 Å². The zero-order valence-electron chi connectivity index (χ0n) is 9.70. The number of primary amides is 1. The quantitative estimate of drug-likeness (QED) is 0.799. The number of aryl methyl sites for hydroxylation is 1. The first-order valence-electron chi connectivity index (χ1n) is 5.82. The number of carbonyl (C=O) groups excluding carboxylic acids is 1. The lowest BCUT2D eigenvalue weighted by atomic mass is 9.93. The van der Waals surface area contributed by atoms with E-state index in [0.717, 1.165) is 19.3 Å². The maximum Gasteiger partial charge on any atom is 0.219 e. The van der Waals surface area contributed by atoms with Crippen molar-refractivity contribution < 1.29 is 4.79 Å². The van der Waals surface area contributed by atoms with Crippen LogP contribution in [0, 0.1) is 6.92 Å². The minimum Gasteiger partial charge on any atom is -0.370 e. The Morgan fingerprint density at radius 1 is 1.62 bits per heavy atom. The molecule has 1 aromatic heterocycles. The van der Waals surface area contributed by atoms with Gasteiger partial charge in [-0.25, -0.2) is 0 Å². The number of hydrogen-bond donors (Lipinski definition) is 2. The molecule has 4 nitrogen and oxygen atoms in total. The van der Waals surface area contributed by atoms with Crippen LogP contribution in [-0.2, 0) is 17.8 Å². The predicted molar refractivity (Wildman–Crippen MR) is 62.8 cm³/mol. The van der Waals surface area contributed by atoms with Crippen LogP contribution in [-0.4, -0.2) is 10.5 Å². The third-order valence-electron chi connectivity index (χ3n) is 3.36. The predicted octanol–water partition coefficient (Wildman–Crippen LogP) is 1.01. The molecule has 4 heteroatoms. The summed E-state index contributed by atoms with van der Waals surface area (Å²) in [4.78, 5) is 10.8. The summed E-state index contributed by atoms with van der Waals surface area (Å²) in [7, 11) is 0. The normalized spacial score (nSPS) is 19.5. The van der Waals surface area contributed by atoms with Gasteiger partial charge in [-0.1, -0.05) is 0 Å². The summed E-state index contributed by atoms with van der Waals surface area (Å²) < 4.78 is 2.19. The molecule has 1 aliphatic carbocycles. The highest BCUT2D eigenvalue weighted by molar-refractivity contribution is 5.73. The number of aromatic nitrogens is 1. The SMILES string of the molecule is Cc1cc2c(n1CCC(N)=O)CCCC2N. The number of nitrogens with zero attached hydrogens (tertiary/aromatic N) is 1. The maximum absolute atomic E-state index is 10.8. The zero-order chi connectivity index (χ0) is 11.7. The fraction of sp³-hybridized carbons (Fsp3) is 0.583. The van der Waals surface area contributed by atoms with Gasteiger partial charge in [0, 0.05) is 30.4 Å². The second-order valence-electron chi connectivity index (χ2n) is 4.55. The monoisotopic (exact) mass is 221 g/mol. The van der Waals surface area contributed by atoms with Crippen molar-refractivity contribution in [1.29, 1.82) is 0 Å². The van der Waals surface area contributed by atoms with Gasteiger partial charge in [0.05, 0.1) is 0 Å². The molecular weight excluding hydrogens is 202 g/mol. The number of amides is 1. The molecule has 0 radical (unpaired) electrons. The van der Waals surface area contributed by atoms with Crippen molar-refractivity contribution in [2.24, 2.45) is 11.5 Å². The number of carbonyl (C=O) groups is 1. The van der Waals surface area contributed by atoms with E-state index in [1.807, 2.05) is 0 Å². The van der Waals surface area contributed by atoms with Crippen molar-refractivity contribution in [3.8, 4) is 0 Å². The van der Waals surface area contributed by atoms with Crippen LogP contribution >= 0.6 is 0 Å². The van der Waals surface area contributed by atoms with Crippen molar-refractivity contribution in [1.82, 2.24) is 4.57 Å². The van der Waals surface area contributed by atoms with Crippen LogP contribution in [0.2, 0.25) is 0 Å². The Morgan fingerprint density at radius 2 is 2.38 bits per heavy atom. The highest BCUT2D eigenvalue weighted by Crippen LogP contribution is 2.30. The maximum atomic E-state index is 10.8. The van der Waals surface area contributed by atoms with E-state index in [1.54, 1.807) is 0 Å². The Hall–Kier alpha value is -1.29. The van der Waals surface area contributed by atoms with Gasteiger partial charge in [0.15, 0.2) is 0 Å². The first-order valence-corrected chi connectivity index (χ1v) is 5.82. The number of rotatable bonds is 3. The summed E-state index contributed by atoms with van der Waals surface area (Å²) in [6, 6.07) is 2.32. The van der Waals surface area contributed by atoms with Crippen molar-refractivity contribution >= 4 is 5.91 Å². The largest absolute Gasteiger partial charge is 0.370 e. The average molecular weight is 221 g/mol. The molecule has 88 valence electrons. The fourth-order valence-electron chi connectivity index (χ4n) is 2.53. The minimum atomic E-state index is -0.248. The molecule has 4 N–H and O–H groups in total. The van der Waals surface area contributed by atoms with Crippen LogP contribution in [0.1, 0.15) is 42.3 Å². The first kappa shape index (κ1) is 11.2. The Balaban J connectivity index is 2.27. The Bertz CT molecular complexity index is 409. The fourth-order valence-corrected chi connectivity index (χ4v) is 2.53. The lowest BCUT2D eigenvalue weighted by Gasteiger charge is -2.21. The summed E-state index contributed by atoms with van der Waals surface area (Å²) in [6.45, 7) is 2.75. The lowest BCUT2D eigenvalue weighted by molar-refractivity contribution is -0.118. The molecule has 0 saturated heterocycles. The molecule has 0 saturated carbocycles. The van der Waals surface area contributed by atoms with Crippen molar-refractivity contribution in [2.75, 3.05) is 0 Å². The van der Waals surface area contributed by atoms with E-state index >= 15 is 0 Å². The lowest BCUT2D eigenvalue weighted by Crippen LogP contribution is -2.20. The highest BCUT2D eigenvalue weighted by atomic mass is 16.1. The summed E-state index contributed by atoms with van der Waals surface area (Å²) in [5, 5.41) is 0. The summed E-state index contributed by atoms with van der Waals surface area (Å²) in [6.07, 6.45) is 3.66. The molecular formula is C12H19N3O. The van der Waals surface area contributed by atoms with Gasteiger partial charge >= 0.3 is 0 Å². The number of fused-ring (bicyclic) bond motifs is 1. The molecule has 1 atom stereocenters. The zero-order valence-corrected chi connectivity index (χ0v) is 9.70. The molecule has 1 aliphatic rings. The van der Waals surface area contributed by atoms with E-state index in [0.29, 0.717) is 13.0 Å². The molecule has 0 spiro atoms. The van der Waals surface area contributed by atoms with E-state index in [2.05, 4.69) is 17.6 Å². The molecule has 1 heterocycles. The first-order chi connectivity index (χ1) is 7.59. The molecule has 1 amide bonds. The van der Waals surface area contributed by atoms with Gasteiger partial charge in [0.25, 0.3) is 0 Å².